The lowest BCUT2D eigenvalue weighted by Gasteiger charge is -2.08. The summed E-state index contributed by atoms with van der Waals surface area (Å²) in [5, 5.41) is 0. The van der Waals surface area contributed by atoms with Crippen molar-refractivity contribution in [1.82, 2.24) is 0 Å². The standard InChI is InChI=1S/C10H12F3N/c1-7(14)6-8-2-4-9(5-3-8)10(11,12)13/h2-5,7H,6,14H2,1H3/t7-/m1/s1. The fourth-order valence-corrected chi connectivity index (χ4v) is 1.20. The summed E-state index contributed by atoms with van der Waals surface area (Å²) in [6.07, 6.45) is -3.66. The van der Waals surface area contributed by atoms with Crippen LogP contribution in [-0.4, -0.2) is 6.04 Å². The third kappa shape index (κ3) is 3.03. The molecule has 1 rings (SSSR count). The second-order valence-corrected chi connectivity index (χ2v) is 3.38. The van der Waals surface area contributed by atoms with Gasteiger partial charge in [-0.3, -0.25) is 0 Å². The van der Waals surface area contributed by atoms with Gasteiger partial charge in [0.05, 0.1) is 5.56 Å². The number of nitrogens with two attached hydrogens (primary N) is 1. The molecule has 0 aromatic heterocycles. The topological polar surface area (TPSA) is 26.0 Å². The SMILES string of the molecule is C[C@@H](N)Cc1ccc(C(F)(F)F)cc1. The van der Waals surface area contributed by atoms with Gasteiger partial charge in [-0.05, 0) is 31.0 Å². The van der Waals surface area contributed by atoms with Gasteiger partial charge in [-0.2, -0.15) is 13.2 Å². The van der Waals surface area contributed by atoms with Crippen LogP contribution in [0.15, 0.2) is 24.3 Å². The zero-order valence-corrected chi connectivity index (χ0v) is 7.81. The molecular weight excluding hydrogens is 191 g/mol. The van der Waals surface area contributed by atoms with Crippen molar-refractivity contribution in [2.75, 3.05) is 0 Å². The Hall–Kier alpha value is -1.03. The van der Waals surface area contributed by atoms with E-state index in [0.717, 1.165) is 17.7 Å². The summed E-state index contributed by atoms with van der Waals surface area (Å²) in [4.78, 5) is 0. The highest BCUT2D eigenvalue weighted by Crippen LogP contribution is 2.29. The van der Waals surface area contributed by atoms with E-state index in [0.29, 0.717) is 6.42 Å². The van der Waals surface area contributed by atoms with E-state index in [2.05, 4.69) is 0 Å². The Bertz CT molecular complexity index is 287. The molecule has 1 atom stereocenters. The maximum Gasteiger partial charge on any atom is 0.416 e. The van der Waals surface area contributed by atoms with Gasteiger partial charge >= 0.3 is 6.18 Å². The monoisotopic (exact) mass is 203 g/mol. The normalized spacial score (nSPS) is 14.1. The van der Waals surface area contributed by atoms with Crippen LogP contribution < -0.4 is 5.73 Å². The van der Waals surface area contributed by atoms with Gasteiger partial charge in [0.1, 0.15) is 0 Å². The van der Waals surface area contributed by atoms with Gasteiger partial charge in [0.2, 0.25) is 0 Å². The van der Waals surface area contributed by atoms with Crippen molar-refractivity contribution < 1.29 is 13.2 Å². The quantitative estimate of drug-likeness (QED) is 0.785. The maximum absolute atomic E-state index is 12.2. The Morgan fingerprint density at radius 1 is 1.21 bits per heavy atom. The predicted molar refractivity (Wildman–Crippen MR) is 48.8 cm³/mol. The van der Waals surface area contributed by atoms with E-state index < -0.39 is 11.7 Å². The van der Waals surface area contributed by atoms with Crippen molar-refractivity contribution in [2.24, 2.45) is 5.73 Å². The van der Waals surface area contributed by atoms with Crippen LogP contribution >= 0.6 is 0 Å². The molecule has 78 valence electrons. The van der Waals surface area contributed by atoms with Crippen LogP contribution in [0.5, 0.6) is 0 Å². The van der Waals surface area contributed by atoms with Gasteiger partial charge in [0, 0.05) is 6.04 Å². The van der Waals surface area contributed by atoms with Gasteiger partial charge in [0.25, 0.3) is 0 Å². The minimum Gasteiger partial charge on any atom is -0.328 e. The molecule has 0 aliphatic rings. The molecule has 0 saturated carbocycles. The zero-order chi connectivity index (χ0) is 10.8. The molecule has 0 fully saturated rings. The number of alkyl halides is 3. The van der Waals surface area contributed by atoms with Crippen LogP contribution in [0.4, 0.5) is 13.2 Å². The van der Waals surface area contributed by atoms with Gasteiger partial charge in [-0.1, -0.05) is 12.1 Å². The third-order valence-electron chi connectivity index (χ3n) is 1.84. The second kappa shape index (κ2) is 4.00. The number of halogens is 3. The number of hydrogen-bond acceptors (Lipinski definition) is 1. The lowest BCUT2D eigenvalue weighted by Crippen LogP contribution is -2.17. The summed E-state index contributed by atoms with van der Waals surface area (Å²) in [5.41, 5.74) is 5.73. The van der Waals surface area contributed by atoms with Crippen LogP contribution in [0.3, 0.4) is 0 Å². The van der Waals surface area contributed by atoms with Gasteiger partial charge in [-0.15, -0.1) is 0 Å². The molecular formula is C10H12F3N. The molecule has 0 bridgehead atoms. The molecule has 4 heteroatoms. The molecule has 14 heavy (non-hydrogen) atoms. The van der Waals surface area contributed by atoms with Crippen LogP contribution in [0, 0.1) is 0 Å². The van der Waals surface area contributed by atoms with Crippen LogP contribution in [-0.2, 0) is 12.6 Å². The number of benzene rings is 1. The first kappa shape index (κ1) is 11.0. The van der Waals surface area contributed by atoms with Crippen molar-refractivity contribution in [1.29, 1.82) is 0 Å². The lowest BCUT2D eigenvalue weighted by atomic mass is 10.1. The molecule has 0 radical (unpaired) electrons. The summed E-state index contributed by atoms with van der Waals surface area (Å²) in [7, 11) is 0. The first-order valence-corrected chi connectivity index (χ1v) is 4.31. The third-order valence-corrected chi connectivity index (χ3v) is 1.84. The second-order valence-electron chi connectivity index (χ2n) is 3.38. The molecule has 0 aliphatic heterocycles. The van der Waals surface area contributed by atoms with E-state index in [1.54, 1.807) is 0 Å². The first-order chi connectivity index (χ1) is 6.39. The zero-order valence-electron chi connectivity index (χ0n) is 7.81. The van der Waals surface area contributed by atoms with E-state index in [1.165, 1.54) is 12.1 Å². The predicted octanol–water partition coefficient (Wildman–Crippen LogP) is 2.60. The molecule has 0 unspecified atom stereocenters. The summed E-state index contributed by atoms with van der Waals surface area (Å²) >= 11 is 0. The average molecular weight is 203 g/mol. The highest BCUT2D eigenvalue weighted by Gasteiger charge is 2.29. The van der Waals surface area contributed by atoms with Crippen molar-refractivity contribution >= 4 is 0 Å². The summed E-state index contributed by atoms with van der Waals surface area (Å²) in [5.74, 6) is 0. The van der Waals surface area contributed by atoms with Gasteiger partial charge in [0.15, 0.2) is 0 Å². The van der Waals surface area contributed by atoms with E-state index in [1.807, 2.05) is 6.92 Å². The molecule has 0 amide bonds. The minimum atomic E-state index is -4.26. The summed E-state index contributed by atoms with van der Waals surface area (Å²) in [6, 6.07) is 5.06. The lowest BCUT2D eigenvalue weighted by molar-refractivity contribution is -0.137. The van der Waals surface area contributed by atoms with Crippen molar-refractivity contribution in [2.45, 2.75) is 25.6 Å². The molecule has 0 saturated heterocycles. The molecule has 2 N–H and O–H groups in total. The van der Waals surface area contributed by atoms with Gasteiger partial charge < -0.3 is 5.73 Å². The molecule has 0 spiro atoms. The first-order valence-electron chi connectivity index (χ1n) is 4.31. The Morgan fingerprint density at radius 3 is 2.07 bits per heavy atom. The average Bonchev–Trinajstić information content (AvgIpc) is 2.02. The van der Waals surface area contributed by atoms with Crippen molar-refractivity contribution in [3.63, 3.8) is 0 Å². The van der Waals surface area contributed by atoms with Gasteiger partial charge in [-0.25, -0.2) is 0 Å². The van der Waals surface area contributed by atoms with E-state index >= 15 is 0 Å². The highest BCUT2D eigenvalue weighted by molar-refractivity contribution is 5.25. The fourth-order valence-electron chi connectivity index (χ4n) is 1.20. The van der Waals surface area contributed by atoms with Crippen LogP contribution in [0.1, 0.15) is 18.1 Å². The highest BCUT2D eigenvalue weighted by atomic mass is 19.4. The molecule has 1 aromatic carbocycles. The summed E-state index contributed by atoms with van der Waals surface area (Å²) in [6.45, 7) is 1.82. The Morgan fingerprint density at radius 2 is 1.71 bits per heavy atom. The molecule has 0 heterocycles. The summed E-state index contributed by atoms with van der Waals surface area (Å²) < 4.78 is 36.5. The van der Waals surface area contributed by atoms with E-state index in [-0.39, 0.29) is 6.04 Å². The Labute approximate surface area is 80.7 Å². The number of rotatable bonds is 2. The minimum absolute atomic E-state index is 0.0354. The Balaban J connectivity index is 2.79. The van der Waals surface area contributed by atoms with E-state index in [4.69, 9.17) is 5.73 Å². The smallest absolute Gasteiger partial charge is 0.328 e. The molecule has 1 aromatic rings. The maximum atomic E-state index is 12.2. The van der Waals surface area contributed by atoms with Crippen molar-refractivity contribution in [3.05, 3.63) is 35.4 Å². The molecule has 1 nitrogen and oxygen atoms in total. The fraction of sp³-hybridized carbons (Fsp3) is 0.400. The Kier molecular flexibility index (Phi) is 3.16. The molecule has 0 aliphatic carbocycles. The largest absolute Gasteiger partial charge is 0.416 e. The number of hydrogen-bond donors (Lipinski definition) is 1. The van der Waals surface area contributed by atoms with Crippen molar-refractivity contribution in [3.8, 4) is 0 Å². The van der Waals surface area contributed by atoms with E-state index in [9.17, 15) is 13.2 Å². The van der Waals surface area contributed by atoms with Crippen LogP contribution in [0.25, 0.3) is 0 Å². The van der Waals surface area contributed by atoms with Crippen LogP contribution in [0.2, 0.25) is 0 Å².